The molecular weight excluding hydrogens is 537 g/mol. The standard InChI is InChI=1S/C20H23Cl2N7O6S/c21-12-2-1-3-13(22)16(12)36(33,34)29-15(18(31)32)9-25-17(30)14-7-20(35-28-14)6-11(27-10-20)8-26-19-23-4-5-24-19/h1-5,11,15,27,29H,6-10H2,(H,25,30)(H,31,32)(H2,23,24,26)/t11?,15?,20-/m0/s1. The van der Waals surface area contributed by atoms with Gasteiger partial charge in [0.1, 0.15) is 16.6 Å². The maximum atomic E-state index is 12.7. The lowest BCUT2D eigenvalue weighted by Gasteiger charge is -2.19. The molecule has 0 bridgehead atoms. The first kappa shape index (κ1) is 26.2. The number of anilines is 1. The number of rotatable bonds is 10. The Hall–Kier alpha value is -2.91. The van der Waals surface area contributed by atoms with Crippen LogP contribution in [0.5, 0.6) is 0 Å². The molecule has 2 aromatic rings. The molecule has 13 nitrogen and oxygen atoms in total. The second-order valence-corrected chi connectivity index (χ2v) is 10.8. The minimum atomic E-state index is -4.40. The smallest absolute Gasteiger partial charge is 0.323 e. The molecule has 0 saturated carbocycles. The molecule has 2 aliphatic heterocycles. The lowest BCUT2D eigenvalue weighted by molar-refractivity contribution is -0.138. The van der Waals surface area contributed by atoms with Crippen LogP contribution in [-0.2, 0) is 24.4 Å². The molecule has 2 aliphatic rings. The average Bonchev–Trinajstić information content (AvgIpc) is 3.57. The van der Waals surface area contributed by atoms with Crippen LogP contribution in [0.4, 0.5) is 5.95 Å². The van der Waals surface area contributed by atoms with E-state index in [4.69, 9.17) is 28.0 Å². The van der Waals surface area contributed by atoms with Crippen LogP contribution in [0.15, 0.2) is 40.6 Å². The van der Waals surface area contributed by atoms with E-state index >= 15 is 0 Å². The van der Waals surface area contributed by atoms with E-state index in [0.717, 1.165) is 0 Å². The summed E-state index contributed by atoms with van der Waals surface area (Å²) >= 11 is 11.9. The molecule has 1 aromatic heterocycles. The van der Waals surface area contributed by atoms with E-state index in [9.17, 15) is 23.1 Å². The Morgan fingerprint density at radius 3 is 2.72 bits per heavy atom. The highest BCUT2D eigenvalue weighted by Gasteiger charge is 2.47. The first-order valence-corrected chi connectivity index (χ1v) is 13.0. The molecule has 0 aliphatic carbocycles. The quantitative estimate of drug-likeness (QED) is 0.241. The molecular formula is C20H23Cl2N7O6S. The largest absolute Gasteiger partial charge is 0.480 e. The summed E-state index contributed by atoms with van der Waals surface area (Å²) in [5.41, 5.74) is -0.617. The number of nitrogens with one attached hydrogen (secondary N) is 5. The zero-order valence-corrected chi connectivity index (χ0v) is 21.0. The zero-order valence-electron chi connectivity index (χ0n) is 18.6. The molecule has 1 fully saturated rings. The highest BCUT2D eigenvalue weighted by molar-refractivity contribution is 7.89. The summed E-state index contributed by atoms with van der Waals surface area (Å²) in [6.07, 6.45) is 4.13. The van der Waals surface area contributed by atoms with Crippen molar-refractivity contribution in [2.75, 3.05) is 25.0 Å². The number of sulfonamides is 1. The first-order chi connectivity index (χ1) is 17.1. The molecule has 1 saturated heterocycles. The van der Waals surface area contributed by atoms with Crippen LogP contribution in [0, 0.1) is 0 Å². The SMILES string of the molecule is O=C(NCC(NS(=O)(=O)c1c(Cl)cccc1Cl)C(=O)O)C1=NO[C@]2(CNC(CNc3ncc[nH]3)C2)C1. The molecule has 4 rings (SSSR count). The molecule has 1 amide bonds. The number of hydrogen-bond donors (Lipinski definition) is 6. The molecule has 1 spiro atoms. The summed E-state index contributed by atoms with van der Waals surface area (Å²) in [6, 6.07) is 2.43. The van der Waals surface area contributed by atoms with Gasteiger partial charge >= 0.3 is 5.97 Å². The van der Waals surface area contributed by atoms with Gasteiger partial charge in [-0.2, -0.15) is 4.72 Å². The molecule has 36 heavy (non-hydrogen) atoms. The normalized spacial score (nSPS) is 22.2. The molecule has 2 unspecified atom stereocenters. The Morgan fingerprint density at radius 2 is 2.06 bits per heavy atom. The number of aromatic nitrogens is 2. The summed E-state index contributed by atoms with van der Waals surface area (Å²) in [7, 11) is -4.40. The number of aliphatic carboxylic acids is 1. The van der Waals surface area contributed by atoms with Crippen LogP contribution in [0.25, 0.3) is 0 Å². The molecule has 1 aromatic carbocycles. The van der Waals surface area contributed by atoms with Gasteiger partial charge in [0.2, 0.25) is 10.0 Å². The van der Waals surface area contributed by atoms with Gasteiger partial charge in [0, 0.05) is 50.9 Å². The third-order valence-corrected chi connectivity index (χ3v) is 8.12. The molecule has 194 valence electrons. The van der Waals surface area contributed by atoms with E-state index in [1.165, 1.54) is 18.2 Å². The molecule has 3 atom stereocenters. The predicted molar refractivity (Wildman–Crippen MR) is 131 cm³/mol. The number of benzene rings is 1. The number of halogens is 2. The summed E-state index contributed by atoms with van der Waals surface area (Å²) < 4.78 is 27.4. The summed E-state index contributed by atoms with van der Waals surface area (Å²) in [5.74, 6) is -1.53. The van der Waals surface area contributed by atoms with Crippen molar-refractivity contribution in [1.29, 1.82) is 0 Å². The van der Waals surface area contributed by atoms with Gasteiger partial charge in [0.15, 0.2) is 11.5 Å². The van der Waals surface area contributed by atoms with Crippen molar-refractivity contribution in [3.63, 3.8) is 0 Å². The van der Waals surface area contributed by atoms with Gasteiger partial charge in [-0.1, -0.05) is 34.4 Å². The number of amides is 1. The number of carboxylic acids is 1. The Kier molecular flexibility index (Phi) is 7.70. The van der Waals surface area contributed by atoms with Crippen molar-refractivity contribution < 1.29 is 28.0 Å². The van der Waals surface area contributed by atoms with Gasteiger partial charge in [-0.25, -0.2) is 13.4 Å². The number of H-pyrrole nitrogens is 1. The minimum Gasteiger partial charge on any atom is -0.480 e. The van der Waals surface area contributed by atoms with E-state index in [-0.39, 0.29) is 28.2 Å². The molecule has 0 radical (unpaired) electrons. The van der Waals surface area contributed by atoms with Crippen LogP contribution in [0.1, 0.15) is 12.8 Å². The van der Waals surface area contributed by atoms with Gasteiger partial charge in [0.25, 0.3) is 5.91 Å². The minimum absolute atomic E-state index is 0.0511. The van der Waals surface area contributed by atoms with Crippen molar-refractivity contribution in [2.45, 2.75) is 35.4 Å². The number of carbonyl (C=O) groups is 2. The Morgan fingerprint density at radius 1 is 1.31 bits per heavy atom. The maximum Gasteiger partial charge on any atom is 0.323 e. The fraction of sp³-hybridized carbons (Fsp3) is 0.400. The number of carbonyl (C=O) groups excluding carboxylic acids is 1. The first-order valence-electron chi connectivity index (χ1n) is 10.8. The lowest BCUT2D eigenvalue weighted by Crippen LogP contribution is -2.49. The van der Waals surface area contributed by atoms with Gasteiger partial charge in [-0.05, 0) is 12.1 Å². The van der Waals surface area contributed by atoms with Crippen molar-refractivity contribution in [1.82, 2.24) is 25.3 Å². The Bertz CT molecular complexity index is 1250. The topological polar surface area (TPSA) is 187 Å². The summed E-state index contributed by atoms with van der Waals surface area (Å²) in [4.78, 5) is 36.5. The predicted octanol–water partition coefficient (Wildman–Crippen LogP) is 0.553. The fourth-order valence-corrected chi connectivity index (χ4v) is 6.29. The number of aromatic amines is 1. The van der Waals surface area contributed by atoms with E-state index in [1.807, 2.05) is 4.72 Å². The average molecular weight is 560 g/mol. The Balaban J connectivity index is 1.31. The van der Waals surface area contributed by atoms with Crippen LogP contribution in [0.2, 0.25) is 10.0 Å². The van der Waals surface area contributed by atoms with Crippen LogP contribution in [0.3, 0.4) is 0 Å². The van der Waals surface area contributed by atoms with E-state index in [2.05, 4.69) is 31.1 Å². The number of carboxylic acid groups (broad SMARTS) is 1. The lowest BCUT2D eigenvalue weighted by atomic mass is 9.94. The number of hydrogen-bond acceptors (Lipinski definition) is 9. The van der Waals surface area contributed by atoms with Crippen molar-refractivity contribution >= 4 is 56.8 Å². The molecule has 3 heterocycles. The highest BCUT2D eigenvalue weighted by atomic mass is 35.5. The number of oxime groups is 1. The van der Waals surface area contributed by atoms with Crippen LogP contribution in [-0.4, -0.2) is 78.4 Å². The fourth-order valence-electron chi connectivity index (χ4n) is 3.96. The van der Waals surface area contributed by atoms with Gasteiger partial charge in [-0.15, -0.1) is 0 Å². The van der Waals surface area contributed by atoms with E-state index in [1.54, 1.807) is 12.4 Å². The second-order valence-electron chi connectivity index (χ2n) is 8.36. The van der Waals surface area contributed by atoms with E-state index in [0.29, 0.717) is 25.5 Å². The van der Waals surface area contributed by atoms with Crippen molar-refractivity contribution in [3.05, 3.63) is 40.6 Å². The maximum absolute atomic E-state index is 12.7. The van der Waals surface area contributed by atoms with Crippen molar-refractivity contribution in [2.24, 2.45) is 5.16 Å². The molecule has 6 N–H and O–H groups in total. The summed E-state index contributed by atoms with van der Waals surface area (Å²) in [5, 5.41) is 21.9. The molecule has 16 heteroatoms. The zero-order chi connectivity index (χ0) is 25.9. The van der Waals surface area contributed by atoms with Crippen LogP contribution < -0.4 is 20.7 Å². The number of imidazole rings is 1. The van der Waals surface area contributed by atoms with Gasteiger partial charge in [0.05, 0.1) is 10.0 Å². The third kappa shape index (κ3) is 5.90. The summed E-state index contributed by atoms with van der Waals surface area (Å²) in [6.45, 7) is 0.499. The third-order valence-electron chi connectivity index (χ3n) is 5.70. The van der Waals surface area contributed by atoms with Gasteiger partial charge < -0.3 is 30.9 Å². The number of nitrogens with zero attached hydrogens (tertiary/aromatic N) is 2. The monoisotopic (exact) mass is 559 g/mol. The Labute approximate surface area is 216 Å². The van der Waals surface area contributed by atoms with Crippen molar-refractivity contribution in [3.8, 4) is 0 Å². The van der Waals surface area contributed by atoms with Crippen LogP contribution >= 0.6 is 23.2 Å². The van der Waals surface area contributed by atoms with E-state index < -0.39 is 45.0 Å². The second kappa shape index (κ2) is 10.6. The highest BCUT2D eigenvalue weighted by Crippen LogP contribution is 2.33. The van der Waals surface area contributed by atoms with Gasteiger partial charge in [-0.3, -0.25) is 9.59 Å².